The lowest BCUT2D eigenvalue weighted by Crippen LogP contribution is -2.16. The van der Waals surface area contributed by atoms with Crippen molar-refractivity contribution in [2.75, 3.05) is 0 Å². The first-order valence-electron chi connectivity index (χ1n) is 4.60. The lowest BCUT2D eigenvalue weighted by atomic mass is 10.1. The van der Waals surface area contributed by atoms with E-state index in [4.69, 9.17) is 9.84 Å². The molecule has 4 heteroatoms. The Morgan fingerprint density at radius 3 is 3.00 bits per heavy atom. The molecule has 13 heavy (non-hydrogen) atoms. The van der Waals surface area contributed by atoms with Gasteiger partial charge >= 0.3 is 11.9 Å². The number of carboxylic acids is 1. The van der Waals surface area contributed by atoms with Gasteiger partial charge in [0.25, 0.3) is 0 Å². The number of cyclic esters (lactones) is 1. The van der Waals surface area contributed by atoms with Crippen LogP contribution in [0.5, 0.6) is 0 Å². The highest BCUT2D eigenvalue weighted by Gasteiger charge is 2.18. The molecular formula is C9H14O4. The number of ether oxygens (including phenoxy) is 1. The molecule has 1 aliphatic rings. The van der Waals surface area contributed by atoms with Crippen LogP contribution >= 0.6 is 0 Å². The first-order chi connectivity index (χ1) is 6.18. The van der Waals surface area contributed by atoms with Gasteiger partial charge in [0, 0.05) is 12.8 Å². The van der Waals surface area contributed by atoms with Gasteiger partial charge in [-0.2, -0.15) is 0 Å². The third kappa shape index (κ3) is 3.92. The molecule has 0 bridgehead atoms. The van der Waals surface area contributed by atoms with Crippen LogP contribution in [0.1, 0.15) is 38.5 Å². The summed E-state index contributed by atoms with van der Waals surface area (Å²) in [5.41, 5.74) is 0. The number of esters is 1. The summed E-state index contributed by atoms with van der Waals surface area (Å²) in [6, 6.07) is 0. The highest BCUT2D eigenvalue weighted by molar-refractivity contribution is 5.70. The maximum Gasteiger partial charge on any atom is 0.306 e. The minimum absolute atomic E-state index is 0.0813. The molecule has 1 N–H and O–H groups in total. The largest absolute Gasteiger partial charge is 0.481 e. The fourth-order valence-electron chi connectivity index (χ4n) is 1.43. The van der Waals surface area contributed by atoms with Crippen LogP contribution in [0.15, 0.2) is 0 Å². The molecule has 0 aromatic carbocycles. The molecule has 1 unspecified atom stereocenters. The number of carbonyl (C=O) groups excluding carboxylic acids is 1. The predicted octanol–water partition coefficient (Wildman–Crippen LogP) is 1.34. The second-order valence-corrected chi connectivity index (χ2v) is 3.29. The molecule has 0 radical (unpaired) electrons. The Morgan fingerprint density at radius 2 is 2.31 bits per heavy atom. The summed E-state index contributed by atoms with van der Waals surface area (Å²) in [7, 11) is 0. The third-order valence-electron chi connectivity index (χ3n) is 2.14. The number of rotatable bonds is 3. The van der Waals surface area contributed by atoms with Crippen LogP contribution < -0.4 is 0 Å². The predicted molar refractivity (Wildman–Crippen MR) is 45.2 cm³/mol. The molecule has 0 aromatic rings. The Morgan fingerprint density at radius 1 is 1.54 bits per heavy atom. The van der Waals surface area contributed by atoms with Gasteiger partial charge in [-0.25, -0.2) is 0 Å². The standard InChI is InChI=1S/C9H14O4/c10-8(11)6-5-7-3-1-2-4-9(12)13-7/h7H,1-6H2,(H,10,11). The van der Waals surface area contributed by atoms with Crippen molar-refractivity contribution in [3.05, 3.63) is 0 Å². The zero-order chi connectivity index (χ0) is 9.68. The highest BCUT2D eigenvalue weighted by Crippen LogP contribution is 2.17. The van der Waals surface area contributed by atoms with Crippen molar-refractivity contribution < 1.29 is 19.4 Å². The van der Waals surface area contributed by atoms with E-state index in [0.29, 0.717) is 12.8 Å². The Hall–Kier alpha value is -1.06. The summed E-state index contributed by atoms with van der Waals surface area (Å²) in [5.74, 6) is -1.02. The van der Waals surface area contributed by atoms with Gasteiger partial charge < -0.3 is 9.84 Å². The Bertz CT molecular complexity index is 200. The smallest absolute Gasteiger partial charge is 0.306 e. The van der Waals surface area contributed by atoms with Crippen LogP contribution in [0, 0.1) is 0 Å². The lowest BCUT2D eigenvalue weighted by Gasteiger charge is -2.12. The van der Waals surface area contributed by atoms with Crippen LogP contribution in [0.25, 0.3) is 0 Å². The van der Waals surface area contributed by atoms with Crippen LogP contribution in [-0.4, -0.2) is 23.1 Å². The number of carboxylic acid groups (broad SMARTS) is 1. The SMILES string of the molecule is O=C(O)CCC1CCCCC(=O)O1. The van der Waals surface area contributed by atoms with Crippen LogP contribution in [-0.2, 0) is 14.3 Å². The number of aliphatic carboxylic acids is 1. The van der Waals surface area contributed by atoms with E-state index < -0.39 is 5.97 Å². The van der Waals surface area contributed by atoms with E-state index in [2.05, 4.69) is 0 Å². The summed E-state index contributed by atoms with van der Waals surface area (Å²) in [5, 5.41) is 8.44. The molecule has 0 aliphatic carbocycles. The van der Waals surface area contributed by atoms with Gasteiger partial charge in [0.05, 0.1) is 0 Å². The quantitative estimate of drug-likeness (QED) is 0.675. The summed E-state index contributed by atoms with van der Waals surface area (Å²) < 4.78 is 5.06. The summed E-state index contributed by atoms with van der Waals surface area (Å²) >= 11 is 0. The topological polar surface area (TPSA) is 63.6 Å². The molecule has 4 nitrogen and oxygen atoms in total. The summed E-state index contributed by atoms with van der Waals surface area (Å²) in [6.45, 7) is 0. The maximum absolute atomic E-state index is 11.0. The number of hydrogen-bond donors (Lipinski definition) is 1. The molecule has 1 fully saturated rings. The maximum atomic E-state index is 11.0. The lowest BCUT2D eigenvalue weighted by molar-refractivity contribution is -0.150. The monoisotopic (exact) mass is 186 g/mol. The third-order valence-corrected chi connectivity index (χ3v) is 2.14. The minimum Gasteiger partial charge on any atom is -0.481 e. The summed E-state index contributed by atoms with van der Waals surface area (Å²) in [6.07, 6.45) is 3.45. The normalized spacial score (nSPS) is 23.4. The first-order valence-corrected chi connectivity index (χ1v) is 4.60. The van der Waals surface area contributed by atoms with Crippen molar-refractivity contribution in [2.24, 2.45) is 0 Å². The van der Waals surface area contributed by atoms with Crippen molar-refractivity contribution in [1.82, 2.24) is 0 Å². The van der Waals surface area contributed by atoms with Crippen molar-refractivity contribution in [1.29, 1.82) is 0 Å². The van der Waals surface area contributed by atoms with Gasteiger partial charge in [-0.1, -0.05) is 0 Å². The zero-order valence-electron chi connectivity index (χ0n) is 7.49. The van der Waals surface area contributed by atoms with Crippen molar-refractivity contribution in [3.8, 4) is 0 Å². The van der Waals surface area contributed by atoms with E-state index in [1.165, 1.54) is 0 Å². The van der Waals surface area contributed by atoms with Gasteiger partial charge in [-0.3, -0.25) is 9.59 Å². The highest BCUT2D eigenvalue weighted by atomic mass is 16.5. The van der Waals surface area contributed by atoms with E-state index in [0.717, 1.165) is 19.3 Å². The fourth-order valence-corrected chi connectivity index (χ4v) is 1.43. The molecule has 1 heterocycles. The molecule has 0 spiro atoms. The molecule has 1 saturated heterocycles. The molecule has 0 aromatic heterocycles. The first kappa shape index (κ1) is 10.0. The van der Waals surface area contributed by atoms with E-state index in [1.807, 2.05) is 0 Å². The summed E-state index contributed by atoms with van der Waals surface area (Å²) in [4.78, 5) is 21.2. The van der Waals surface area contributed by atoms with E-state index in [1.54, 1.807) is 0 Å². The van der Waals surface area contributed by atoms with Gasteiger partial charge in [0.2, 0.25) is 0 Å². The molecule has 0 saturated carbocycles. The Labute approximate surface area is 76.9 Å². The zero-order valence-corrected chi connectivity index (χ0v) is 7.49. The number of hydrogen-bond acceptors (Lipinski definition) is 3. The van der Waals surface area contributed by atoms with Gasteiger partial charge in [-0.05, 0) is 25.7 Å². The Kier molecular flexibility index (Phi) is 3.73. The molecular weight excluding hydrogens is 172 g/mol. The van der Waals surface area contributed by atoms with Gasteiger partial charge in [-0.15, -0.1) is 0 Å². The number of carbonyl (C=O) groups is 2. The van der Waals surface area contributed by atoms with Crippen molar-refractivity contribution in [3.63, 3.8) is 0 Å². The Balaban J connectivity index is 2.30. The average Bonchev–Trinajstić information content (AvgIpc) is 2.26. The fraction of sp³-hybridized carbons (Fsp3) is 0.778. The second kappa shape index (κ2) is 4.84. The molecule has 1 aliphatic heterocycles. The van der Waals surface area contributed by atoms with Gasteiger partial charge in [0.15, 0.2) is 0 Å². The molecule has 0 amide bonds. The van der Waals surface area contributed by atoms with E-state index >= 15 is 0 Å². The second-order valence-electron chi connectivity index (χ2n) is 3.29. The van der Waals surface area contributed by atoms with Gasteiger partial charge in [0.1, 0.15) is 6.10 Å². The van der Waals surface area contributed by atoms with Crippen molar-refractivity contribution in [2.45, 2.75) is 44.6 Å². The minimum atomic E-state index is -0.833. The van der Waals surface area contributed by atoms with Crippen LogP contribution in [0.2, 0.25) is 0 Å². The van der Waals surface area contributed by atoms with Crippen LogP contribution in [0.4, 0.5) is 0 Å². The van der Waals surface area contributed by atoms with Crippen LogP contribution in [0.3, 0.4) is 0 Å². The molecule has 1 atom stereocenters. The van der Waals surface area contributed by atoms with E-state index in [-0.39, 0.29) is 18.5 Å². The van der Waals surface area contributed by atoms with Crippen molar-refractivity contribution >= 4 is 11.9 Å². The molecule has 74 valence electrons. The molecule has 1 rings (SSSR count). The average molecular weight is 186 g/mol. The van der Waals surface area contributed by atoms with E-state index in [9.17, 15) is 9.59 Å².